The molecule has 0 unspecified atom stereocenters. The number of pyridine rings is 1. The predicted octanol–water partition coefficient (Wildman–Crippen LogP) is 4.40. The molecule has 1 aromatic heterocycles. The minimum absolute atomic E-state index is 0.134. The first-order valence-electron chi connectivity index (χ1n) is 7.56. The number of ether oxygens (including phenoxy) is 1. The lowest BCUT2D eigenvalue weighted by Crippen LogP contribution is -2.10. The molecule has 2 rings (SSSR count). The van der Waals surface area contributed by atoms with E-state index in [1.54, 1.807) is 6.07 Å². The van der Waals surface area contributed by atoms with Gasteiger partial charge in [-0.25, -0.2) is 4.79 Å². The lowest BCUT2D eigenvalue weighted by atomic mass is 9.86. The highest BCUT2D eigenvalue weighted by Crippen LogP contribution is 2.26. The molecule has 3 nitrogen and oxygen atoms in total. The predicted molar refractivity (Wildman–Crippen MR) is 89.1 cm³/mol. The number of hydrogen-bond acceptors (Lipinski definition) is 3. The van der Waals surface area contributed by atoms with Gasteiger partial charge < -0.3 is 4.74 Å². The van der Waals surface area contributed by atoms with Crippen molar-refractivity contribution < 1.29 is 9.53 Å². The lowest BCUT2D eigenvalue weighted by molar-refractivity contribution is 0.0599. The van der Waals surface area contributed by atoms with Gasteiger partial charge in [0, 0.05) is 5.56 Å². The van der Waals surface area contributed by atoms with Crippen LogP contribution in [0.2, 0.25) is 0 Å². The summed E-state index contributed by atoms with van der Waals surface area (Å²) in [7, 11) is 1.39. The minimum atomic E-state index is -0.334. The fraction of sp³-hybridized carbons (Fsp3) is 0.368. The average Bonchev–Trinajstić information content (AvgIpc) is 2.52. The SMILES string of the molecule is CCc1nc(-c2ccc(C(C)(C)C)cc2)ccc1C(=O)OC. The molecule has 116 valence electrons. The third kappa shape index (κ3) is 3.35. The molecule has 0 bridgehead atoms. The molecule has 1 heterocycles. The Hall–Kier alpha value is -2.16. The Morgan fingerprint density at radius 3 is 2.23 bits per heavy atom. The van der Waals surface area contributed by atoms with Crippen molar-refractivity contribution in [2.75, 3.05) is 7.11 Å². The first kappa shape index (κ1) is 16.2. The molecule has 0 atom stereocenters. The number of rotatable bonds is 3. The lowest BCUT2D eigenvalue weighted by Gasteiger charge is -2.19. The molecule has 0 saturated heterocycles. The topological polar surface area (TPSA) is 39.2 Å². The number of esters is 1. The van der Waals surface area contributed by atoms with Crippen LogP contribution >= 0.6 is 0 Å². The first-order valence-corrected chi connectivity index (χ1v) is 7.56. The number of aryl methyl sites for hydroxylation is 1. The van der Waals surface area contributed by atoms with Crippen LogP contribution in [0.5, 0.6) is 0 Å². The Morgan fingerprint density at radius 2 is 1.73 bits per heavy atom. The van der Waals surface area contributed by atoms with E-state index >= 15 is 0 Å². The molecule has 0 radical (unpaired) electrons. The van der Waals surface area contributed by atoms with Crippen LogP contribution < -0.4 is 0 Å². The minimum Gasteiger partial charge on any atom is -0.465 e. The van der Waals surface area contributed by atoms with Crippen molar-refractivity contribution in [2.24, 2.45) is 0 Å². The number of hydrogen-bond donors (Lipinski definition) is 0. The molecular formula is C19H23NO2. The zero-order chi connectivity index (χ0) is 16.3. The molecule has 3 heteroatoms. The van der Waals surface area contributed by atoms with Crippen molar-refractivity contribution in [3.63, 3.8) is 0 Å². The normalized spacial score (nSPS) is 11.3. The van der Waals surface area contributed by atoms with Gasteiger partial charge in [-0.2, -0.15) is 0 Å². The second kappa shape index (κ2) is 6.30. The van der Waals surface area contributed by atoms with Crippen LogP contribution in [-0.4, -0.2) is 18.1 Å². The average molecular weight is 297 g/mol. The van der Waals surface area contributed by atoms with E-state index in [4.69, 9.17) is 4.74 Å². The Labute approximate surface area is 132 Å². The highest BCUT2D eigenvalue weighted by atomic mass is 16.5. The highest BCUT2D eigenvalue weighted by molar-refractivity contribution is 5.91. The Bertz CT molecular complexity index is 667. The Balaban J connectivity index is 2.39. The summed E-state index contributed by atoms with van der Waals surface area (Å²) in [6.45, 7) is 8.57. The third-order valence-corrected chi connectivity index (χ3v) is 3.76. The summed E-state index contributed by atoms with van der Waals surface area (Å²) < 4.78 is 4.80. The summed E-state index contributed by atoms with van der Waals surface area (Å²) in [5.41, 5.74) is 4.67. The van der Waals surface area contributed by atoms with Crippen LogP contribution in [0.4, 0.5) is 0 Å². The number of benzene rings is 1. The van der Waals surface area contributed by atoms with Crippen LogP contribution in [0.1, 0.15) is 49.3 Å². The van der Waals surface area contributed by atoms with E-state index in [1.807, 2.05) is 13.0 Å². The molecule has 0 aliphatic rings. The molecule has 1 aromatic carbocycles. The van der Waals surface area contributed by atoms with Crippen molar-refractivity contribution in [2.45, 2.75) is 39.5 Å². The molecule has 0 spiro atoms. The molecule has 0 N–H and O–H groups in total. The van der Waals surface area contributed by atoms with E-state index in [-0.39, 0.29) is 11.4 Å². The van der Waals surface area contributed by atoms with Crippen LogP contribution in [0.25, 0.3) is 11.3 Å². The fourth-order valence-corrected chi connectivity index (χ4v) is 2.37. The molecule has 0 aliphatic heterocycles. The van der Waals surface area contributed by atoms with Crippen molar-refractivity contribution in [1.29, 1.82) is 0 Å². The molecule has 2 aromatic rings. The van der Waals surface area contributed by atoms with Crippen molar-refractivity contribution in [3.8, 4) is 11.3 Å². The molecule has 0 amide bonds. The van der Waals surface area contributed by atoms with E-state index < -0.39 is 0 Å². The van der Waals surface area contributed by atoms with E-state index in [0.717, 1.165) is 17.0 Å². The van der Waals surface area contributed by atoms with Crippen molar-refractivity contribution >= 4 is 5.97 Å². The second-order valence-electron chi connectivity index (χ2n) is 6.36. The van der Waals surface area contributed by atoms with E-state index in [1.165, 1.54) is 12.7 Å². The molecule has 0 saturated carbocycles. The number of carbonyl (C=O) groups is 1. The number of carbonyl (C=O) groups excluding carboxylic acids is 1. The quantitative estimate of drug-likeness (QED) is 0.788. The fourth-order valence-electron chi connectivity index (χ4n) is 2.37. The van der Waals surface area contributed by atoms with Gasteiger partial charge in [0.25, 0.3) is 0 Å². The van der Waals surface area contributed by atoms with Gasteiger partial charge in [-0.1, -0.05) is 52.0 Å². The molecule has 22 heavy (non-hydrogen) atoms. The molecule has 0 fully saturated rings. The van der Waals surface area contributed by atoms with Gasteiger partial charge in [0.15, 0.2) is 0 Å². The number of nitrogens with zero attached hydrogens (tertiary/aromatic N) is 1. The van der Waals surface area contributed by atoms with Gasteiger partial charge in [-0.05, 0) is 29.5 Å². The van der Waals surface area contributed by atoms with E-state index in [9.17, 15) is 4.79 Å². The standard InChI is InChI=1S/C19H23NO2/c1-6-16-15(18(21)22-5)11-12-17(20-16)13-7-9-14(10-8-13)19(2,3)4/h7-12H,6H2,1-5H3. The van der Waals surface area contributed by atoms with Gasteiger partial charge in [-0.15, -0.1) is 0 Å². The maximum atomic E-state index is 11.7. The summed E-state index contributed by atoms with van der Waals surface area (Å²) in [5.74, 6) is -0.334. The zero-order valence-electron chi connectivity index (χ0n) is 13.9. The van der Waals surface area contributed by atoms with Gasteiger partial charge in [0.2, 0.25) is 0 Å². The van der Waals surface area contributed by atoms with Crippen LogP contribution in [-0.2, 0) is 16.6 Å². The summed E-state index contributed by atoms with van der Waals surface area (Å²) in [4.78, 5) is 16.4. The van der Waals surface area contributed by atoms with Crippen molar-refractivity contribution in [3.05, 3.63) is 53.2 Å². The van der Waals surface area contributed by atoms with E-state index in [0.29, 0.717) is 12.0 Å². The van der Waals surface area contributed by atoms with Gasteiger partial charge >= 0.3 is 5.97 Å². The molecular weight excluding hydrogens is 274 g/mol. The molecule has 0 aliphatic carbocycles. The van der Waals surface area contributed by atoms with Crippen LogP contribution in [0.15, 0.2) is 36.4 Å². The summed E-state index contributed by atoms with van der Waals surface area (Å²) in [5, 5.41) is 0. The van der Waals surface area contributed by atoms with Gasteiger partial charge in [0.05, 0.1) is 24.1 Å². The van der Waals surface area contributed by atoms with E-state index in [2.05, 4.69) is 50.0 Å². The summed E-state index contributed by atoms with van der Waals surface area (Å²) in [6, 6.07) is 12.1. The van der Waals surface area contributed by atoms with Crippen molar-refractivity contribution in [1.82, 2.24) is 4.98 Å². The summed E-state index contributed by atoms with van der Waals surface area (Å²) in [6.07, 6.45) is 0.693. The van der Waals surface area contributed by atoms with Crippen LogP contribution in [0, 0.1) is 0 Å². The zero-order valence-corrected chi connectivity index (χ0v) is 13.9. The van der Waals surface area contributed by atoms with Gasteiger partial charge in [0.1, 0.15) is 0 Å². The first-order chi connectivity index (χ1) is 10.4. The largest absolute Gasteiger partial charge is 0.465 e. The Kier molecular flexibility index (Phi) is 4.65. The van der Waals surface area contributed by atoms with Crippen LogP contribution in [0.3, 0.4) is 0 Å². The number of methoxy groups -OCH3 is 1. The summed E-state index contributed by atoms with van der Waals surface area (Å²) >= 11 is 0. The third-order valence-electron chi connectivity index (χ3n) is 3.76. The Morgan fingerprint density at radius 1 is 1.09 bits per heavy atom. The maximum absolute atomic E-state index is 11.7. The maximum Gasteiger partial charge on any atom is 0.339 e. The highest BCUT2D eigenvalue weighted by Gasteiger charge is 2.15. The van der Waals surface area contributed by atoms with Gasteiger partial charge in [-0.3, -0.25) is 4.98 Å². The number of aromatic nitrogens is 1. The smallest absolute Gasteiger partial charge is 0.339 e. The second-order valence-corrected chi connectivity index (χ2v) is 6.36. The monoisotopic (exact) mass is 297 g/mol.